The number of rotatable bonds is 6. The predicted octanol–water partition coefficient (Wildman–Crippen LogP) is 1.47. The van der Waals surface area contributed by atoms with E-state index in [4.69, 9.17) is 4.52 Å². The van der Waals surface area contributed by atoms with Gasteiger partial charge in [-0.05, 0) is 44.2 Å². The van der Waals surface area contributed by atoms with E-state index in [1.165, 1.54) is 0 Å². The Morgan fingerprint density at radius 1 is 1.25 bits per heavy atom. The van der Waals surface area contributed by atoms with Crippen molar-refractivity contribution in [3.8, 4) is 11.5 Å². The number of aryl methyl sites for hydroxylation is 1. The maximum absolute atomic E-state index is 12.6. The molecule has 0 saturated heterocycles. The standard InChI is InChI=1S/C19H25N7O2/c1-24(2)12-13-26-19(27)25-11-10-15(8-9-16(25)22-26)20-18-21-17(28-23-18)14-6-4-3-5-7-14/h3-7,15H,8-13H2,1-2H3,(H,20,23). The van der Waals surface area contributed by atoms with Crippen LogP contribution in [-0.4, -0.2) is 56.1 Å². The van der Waals surface area contributed by atoms with Crippen LogP contribution in [0.2, 0.25) is 0 Å². The molecule has 3 aromatic rings. The lowest BCUT2D eigenvalue weighted by molar-refractivity contribution is 0.367. The molecule has 1 unspecified atom stereocenters. The summed E-state index contributed by atoms with van der Waals surface area (Å²) < 4.78 is 8.73. The van der Waals surface area contributed by atoms with Gasteiger partial charge in [0.15, 0.2) is 0 Å². The van der Waals surface area contributed by atoms with Crippen molar-refractivity contribution in [2.24, 2.45) is 0 Å². The molecule has 148 valence electrons. The van der Waals surface area contributed by atoms with E-state index in [9.17, 15) is 4.79 Å². The van der Waals surface area contributed by atoms with Crippen LogP contribution < -0.4 is 11.0 Å². The van der Waals surface area contributed by atoms with Crippen molar-refractivity contribution in [1.82, 2.24) is 29.4 Å². The molecule has 0 spiro atoms. The number of likely N-dealkylation sites (N-methyl/N-ethyl adjacent to an activating group) is 1. The van der Waals surface area contributed by atoms with Crippen molar-refractivity contribution >= 4 is 5.95 Å². The third kappa shape index (κ3) is 3.99. The Kier molecular flexibility index (Phi) is 5.25. The van der Waals surface area contributed by atoms with Crippen LogP contribution in [0.3, 0.4) is 0 Å². The van der Waals surface area contributed by atoms with Crippen molar-refractivity contribution in [3.63, 3.8) is 0 Å². The summed E-state index contributed by atoms with van der Waals surface area (Å²) in [7, 11) is 3.98. The quantitative estimate of drug-likeness (QED) is 0.689. The second-order valence-electron chi connectivity index (χ2n) is 7.33. The maximum Gasteiger partial charge on any atom is 0.345 e. The molecule has 2 aromatic heterocycles. The molecule has 4 rings (SSSR count). The van der Waals surface area contributed by atoms with Crippen LogP contribution in [0.4, 0.5) is 5.95 Å². The van der Waals surface area contributed by atoms with E-state index in [2.05, 4.69) is 20.6 Å². The fourth-order valence-electron chi connectivity index (χ4n) is 3.38. The minimum Gasteiger partial charge on any atom is -0.349 e. The third-order valence-electron chi connectivity index (χ3n) is 4.96. The van der Waals surface area contributed by atoms with Crippen molar-refractivity contribution in [1.29, 1.82) is 0 Å². The van der Waals surface area contributed by atoms with E-state index >= 15 is 0 Å². The molecule has 1 aliphatic rings. The summed E-state index contributed by atoms with van der Waals surface area (Å²) in [5.41, 5.74) is 0.866. The lowest BCUT2D eigenvalue weighted by Gasteiger charge is -2.13. The molecular weight excluding hydrogens is 358 g/mol. The molecule has 0 bridgehead atoms. The zero-order valence-electron chi connectivity index (χ0n) is 16.2. The average Bonchev–Trinajstić information content (AvgIpc) is 3.21. The van der Waals surface area contributed by atoms with Crippen LogP contribution in [0.1, 0.15) is 18.7 Å². The summed E-state index contributed by atoms with van der Waals surface area (Å²) in [6.45, 7) is 2.04. The Balaban J connectivity index is 1.40. The molecule has 0 saturated carbocycles. The van der Waals surface area contributed by atoms with Gasteiger partial charge < -0.3 is 14.7 Å². The summed E-state index contributed by atoms with van der Waals surface area (Å²) in [5, 5.41) is 11.9. The first-order valence-corrected chi connectivity index (χ1v) is 9.57. The summed E-state index contributed by atoms with van der Waals surface area (Å²) >= 11 is 0. The van der Waals surface area contributed by atoms with Gasteiger partial charge in [-0.25, -0.2) is 9.48 Å². The van der Waals surface area contributed by atoms with Crippen molar-refractivity contribution in [2.45, 2.75) is 38.4 Å². The van der Waals surface area contributed by atoms with Crippen molar-refractivity contribution in [2.75, 3.05) is 26.0 Å². The van der Waals surface area contributed by atoms with Crippen molar-refractivity contribution < 1.29 is 4.52 Å². The van der Waals surface area contributed by atoms with Gasteiger partial charge >= 0.3 is 5.69 Å². The van der Waals surface area contributed by atoms with E-state index in [1.807, 2.05) is 49.3 Å². The van der Waals surface area contributed by atoms with E-state index in [0.29, 0.717) is 24.9 Å². The first kappa shape index (κ1) is 18.4. The Labute approximate surface area is 163 Å². The number of nitrogens with one attached hydrogen (secondary N) is 1. The van der Waals surface area contributed by atoms with Gasteiger partial charge in [-0.2, -0.15) is 10.1 Å². The molecule has 1 N–H and O–H groups in total. The van der Waals surface area contributed by atoms with E-state index in [1.54, 1.807) is 9.25 Å². The molecule has 28 heavy (non-hydrogen) atoms. The summed E-state index contributed by atoms with van der Waals surface area (Å²) in [4.78, 5) is 19.1. The SMILES string of the molecule is CN(C)CCn1nc2n(c1=O)CCC(Nc1noc(-c3ccccc3)n1)CC2. The van der Waals surface area contributed by atoms with Gasteiger partial charge in [0.1, 0.15) is 5.82 Å². The Morgan fingerprint density at radius 3 is 2.86 bits per heavy atom. The normalized spacial score (nSPS) is 16.8. The third-order valence-corrected chi connectivity index (χ3v) is 4.96. The second-order valence-corrected chi connectivity index (χ2v) is 7.33. The van der Waals surface area contributed by atoms with Crippen molar-refractivity contribution in [3.05, 3.63) is 46.6 Å². The highest BCUT2D eigenvalue weighted by Crippen LogP contribution is 2.20. The van der Waals surface area contributed by atoms with Crippen LogP contribution in [0.5, 0.6) is 0 Å². The lowest BCUT2D eigenvalue weighted by atomic mass is 10.1. The van der Waals surface area contributed by atoms with Crippen LogP contribution >= 0.6 is 0 Å². The van der Waals surface area contributed by atoms with E-state index in [-0.39, 0.29) is 11.7 Å². The fourth-order valence-corrected chi connectivity index (χ4v) is 3.38. The highest BCUT2D eigenvalue weighted by atomic mass is 16.5. The minimum absolute atomic E-state index is 0.0246. The zero-order chi connectivity index (χ0) is 19.5. The maximum atomic E-state index is 12.6. The van der Waals surface area contributed by atoms with Gasteiger partial charge in [-0.3, -0.25) is 4.57 Å². The van der Waals surface area contributed by atoms with E-state index < -0.39 is 0 Å². The Morgan fingerprint density at radius 2 is 2.07 bits per heavy atom. The lowest BCUT2D eigenvalue weighted by Crippen LogP contribution is -2.30. The van der Waals surface area contributed by atoms with E-state index in [0.717, 1.165) is 37.2 Å². The molecule has 0 aliphatic carbocycles. The minimum atomic E-state index is -0.0246. The van der Waals surface area contributed by atoms with Gasteiger partial charge in [-0.1, -0.05) is 18.2 Å². The summed E-state index contributed by atoms with van der Waals surface area (Å²) in [5.74, 6) is 1.83. The number of hydrogen-bond donors (Lipinski definition) is 1. The van der Waals surface area contributed by atoms with Gasteiger partial charge in [0.25, 0.3) is 11.8 Å². The first-order valence-electron chi connectivity index (χ1n) is 9.57. The van der Waals surface area contributed by atoms with Crippen LogP contribution in [0.15, 0.2) is 39.6 Å². The monoisotopic (exact) mass is 383 g/mol. The summed E-state index contributed by atoms with van der Waals surface area (Å²) in [6.07, 6.45) is 2.41. The molecule has 0 fully saturated rings. The van der Waals surface area contributed by atoms with Crippen LogP contribution in [-0.2, 0) is 19.5 Å². The zero-order valence-corrected chi connectivity index (χ0v) is 16.2. The molecular formula is C19H25N7O2. The highest BCUT2D eigenvalue weighted by molar-refractivity contribution is 5.53. The molecule has 0 radical (unpaired) electrons. The molecule has 3 heterocycles. The summed E-state index contributed by atoms with van der Waals surface area (Å²) in [6, 6.07) is 9.85. The molecule has 1 aromatic carbocycles. The molecule has 0 amide bonds. The topological polar surface area (TPSA) is 94.0 Å². The largest absolute Gasteiger partial charge is 0.349 e. The number of anilines is 1. The Bertz CT molecular complexity index is 974. The second kappa shape index (κ2) is 7.97. The van der Waals surface area contributed by atoms with Gasteiger partial charge in [-0.15, -0.1) is 0 Å². The number of hydrogen-bond acceptors (Lipinski definition) is 7. The Hall–Kier alpha value is -2.94. The smallest absolute Gasteiger partial charge is 0.345 e. The fraction of sp³-hybridized carbons (Fsp3) is 0.474. The van der Waals surface area contributed by atoms with Crippen LogP contribution in [0, 0.1) is 0 Å². The van der Waals surface area contributed by atoms with Gasteiger partial charge in [0.2, 0.25) is 0 Å². The number of fused-ring (bicyclic) bond motifs is 1. The highest BCUT2D eigenvalue weighted by Gasteiger charge is 2.22. The van der Waals surface area contributed by atoms with Gasteiger partial charge in [0, 0.05) is 31.1 Å². The average molecular weight is 383 g/mol. The molecule has 1 atom stereocenters. The van der Waals surface area contributed by atoms with Gasteiger partial charge in [0.05, 0.1) is 6.54 Å². The predicted molar refractivity (Wildman–Crippen MR) is 105 cm³/mol. The molecule has 1 aliphatic heterocycles. The number of aromatic nitrogens is 5. The first-order chi connectivity index (χ1) is 13.6. The number of nitrogens with zero attached hydrogens (tertiary/aromatic N) is 6. The molecule has 9 heteroatoms. The van der Waals surface area contributed by atoms with Crippen LogP contribution in [0.25, 0.3) is 11.5 Å². The number of benzene rings is 1. The molecule has 9 nitrogen and oxygen atoms in total.